The van der Waals surface area contributed by atoms with Crippen LogP contribution in [0.5, 0.6) is 11.5 Å². The van der Waals surface area contributed by atoms with Crippen molar-refractivity contribution in [3.8, 4) is 22.8 Å². The van der Waals surface area contributed by atoms with Gasteiger partial charge in [0.25, 0.3) is 21.5 Å². The van der Waals surface area contributed by atoms with E-state index in [-0.39, 0.29) is 33.4 Å². The number of aromatic nitrogens is 2. The third kappa shape index (κ3) is 4.64. The number of amidine groups is 1. The van der Waals surface area contributed by atoms with Gasteiger partial charge in [0.15, 0.2) is 18.2 Å². The molecule has 2 aliphatic rings. The van der Waals surface area contributed by atoms with Crippen molar-refractivity contribution in [1.82, 2.24) is 9.78 Å². The van der Waals surface area contributed by atoms with Crippen LogP contribution in [0.25, 0.3) is 11.3 Å². The second-order valence-corrected chi connectivity index (χ2v) is 10.7. The number of thiophene rings is 1. The summed E-state index contributed by atoms with van der Waals surface area (Å²) < 4.78 is 36.3. The molecular formula is C22H21N5O6S2. The smallest absolute Gasteiger partial charge is 0.286 e. The van der Waals surface area contributed by atoms with Gasteiger partial charge in [-0.05, 0) is 35.9 Å². The normalized spacial score (nSPS) is 16.2. The standard InChI is InChI=1S/C22H21N5O6S2/c23-17(28)10-33-14-3-4-15-16(9-14)35(31,32)26-21(24-15)18-20(29)19(13-6-8-34-11-13)25-27(22(18)30)7-5-12-1-2-12/h3-4,6,8-9,11-12,29H,1-2,5,7,10H2,(H2,23,28)(H,24,26). The Hall–Kier alpha value is -3.71. The molecule has 4 N–H and O–H groups in total. The number of primary amides is 1. The maximum atomic E-state index is 13.3. The molecule has 13 heteroatoms. The summed E-state index contributed by atoms with van der Waals surface area (Å²) in [4.78, 5) is 24.1. The van der Waals surface area contributed by atoms with Gasteiger partial charge in [-0.1, -0.05) is 12.8 Å². The number of nitrogens with two attached hydrogens (primary N) is 1. The molecule has 5 rings (SSSR count). The molecule has 1 saturated carbocycles. The van der Waals surface area contributed by atoms with E-state index >= 15 is 0 Å². The minimum absolute atomic E-state index is 0.112. The molecular weight excluding hydrogens is 494 g/mol. The Balaban J connectivity index is 1.59. The number of anilines is 1. The molecule has 3 heterocycles. The zero-order valence-electron chi connectivity index (χ0n) is 18.3. The fourth-order valence-electron chi connectivity index (χ4n) is 3.72. The number of nitrogens with zero attached hydrogens (tertiary/aromatic N) is 3. The second-order valence-electron chi connectivity index (χ2n) is 8.30. The molecule has 1 aliphatic heterocycles. The fraction of sp³-hybridized carbons (Fsp3) is 0.273. The van der Waals surface area contributed by atoms with Crippen molar-refractivity contribution in [2.75, 3.05) is 11.9 Å². The van der Waals surface area contributed by atoms with Crippen molar-refractivity contribution in [2.24, 2.45) is 16.0 Å². The van der Waals surface area contributed by atoms with E-state index in [0.717, 1.165) is 19.3 Å². The number of hydrogen-bond acceptors (Lipinski definition) is 9. The summed E-state index contributed by atoms with van der Waals surface area (Å²) in [5.41, 5.74) is 5.05. The lowest BCUT2D eigenvalue weighted by Gasteiger charge is -2.20. The van der Waals surface area contributed by atoms with Gasteiger partial charge in [0, 0.05) is 23.6 Å². The first-order valence-corrected chi connectivity index (χ1v) is 13.2. The van der Waals surface area contributed by atoms with Gasteiger partial charge in [-0.25, -0.2) is 4.68 Å². The summed E-state index contributed by atoms with van der Waals surface area (Å²) >= 11 is 1.40. The number of sulfonamides is 1. The number of aryl methyl sites for hydroxylation is 1. The lowest BCUT2D eigenvalue weighted by atomic mass is 10.1. The molecule has 0 saturated heterocycles. The number of hydrogen-bond donors (Lipinski definition) is 3. The van der Waals surface area contributed by atoms with Crippen LogP contribution < -0.4 is 21.3 Å². The van der Waals surface area contributed by atoms with Crippen molar-refractivity contribution in [3.63, 3.8) is 0 Å². The summed E-state index contributed by atoms with van der Waals surface area (Å²) in [5.74, 6) is -0.821. The summed E-state index contributed by atoms with van der Waals surface area (Å²) in [6, 6.07) is 5.83. The monoisotopic (exact) mass is 515 g/mol. The molecule has 1 aliphatic carbocycles. The third-order valence-electron chi connectivity index (χ3n) is 5.68. The maximum absolute atomic E-state index is 13.3. The van der Waals surface area contributed by atoms with E-state index in [4.69, 9.17) is 10.5 Å². The Morgan fingerprint density at radius 3 is 2.80 bits per heavy atom. The zero-order valence-corrected chi connectivity index (χ0v) is 19.9. The van der Waals surface area contributed by atoms with Gasteiger partial charge >= 0.3 is 0 Å². The van der Waals surface area contributed by atoms with Crippen LogP contribution in [-0.2, 0) is 21.4 Å². The van der Waals surface area contributed by atoms with Gasteiger partial charge < -0.3 is 20.9 Å². The minimum atomic E-state index is -4.28. The Morgan fingerprint density at radius 2 is 2.11 bits per heavy atom. The Morgan fingerprint density at radius 1 is 1.31 bits per heavy atom. The van der Waals surface area contributed by atoms with E-state index in [9.17, 15) is 23.1 Å². The quantitative estimate of drug-likeness (QED) is 0.409. The largest absolute Gasteiger partial charge is 0.505 e. The van der Waals surface area contributed by atoms with E-state index in [1.165, 1.54) is 34.2 Å². The van der Waals surface area contributed by atoms with Crippen molar-refractivity contribution >= 4 is 38.8 Å². The van der Waals surface area contributed by atoms with Crippen molar-refractivity contribution in [3.05, 3.63) is 50.9 Å². The zero-order chi connectivity index (χ0) is 24.7. The van der Waals surface area contributed by atoms with Crippen LogP contribution in [0.15, 0.2) is 49.1 Å². The summed E-state index contributed by atoms with van der Waals surface area (Å²) in [6.45, 7) is -0.0808. The molecule has 11 nitrogen and oxygen atoms in total. The van der Waals surface area contributed by atoms with Gasteiger partial charge in [-0.3, -0.25) is 9.59 Å². The highest BCUT2D eigenvalue weighted by Crippen LogP contribution is 2.36. The molecule has 1 aromatic carbocycles. The number of amides is 1. The molecule has 1 amide bonds. The number of rotatable bonds is 8. The van der Waals surface area contributed by atoms with E-state index < -0.39 is 33.8 Å². The molecule has 0 unspecified atom stereocenters. The predicted octanol–water partition coefficient (Wildman–Crippen LogP) is 1.90. The van der Waals surface area contributed by atoms with Crippen LogP contribution in [0.1, 0.15) is 24.8 Å². The molecule has 182 valence electrons. The first-order valence-electron chi connectivity index (χ1n) is 10.8. The van der Waals surface area contributed by atoms with Gasteiger partial charge in [0.2, 0.25) is 0 Å². The topological polar surface area (TPSA) is 166 Å². The summed E-state index contributed by atoms with van der Waals surface area (Å²) in [7, 11) is -4.28. The van der Waals surface area contributed by atoms with Crippen LogP contribution >= 0.6 is 11.3 Å². The molecule has 0 bridgehead atoms. The minimum Gasteiger partial charge on any atom is -0.505 e. The highest BCUT2D eigenvalue weighted by molar-refractivity contribution is 7.90. The highest BCUT2D eigenvalue weighted by Gasteiger charge is 2.31. The van der Waals surface area contributed by atoms with Crippen LogP contribution in [0.2, 0.25) is 0 Å². The Labute approximate surface area is 203 Å². The predicted molar refractivity (Wildman–Crippen MR) is 129 cm³/mol. The summed E-state index contributed by atoms with van der Waals surface area (Å²) in [6.07, 6.45) is 2.96. The second kappa shape index (κ2) is 8.82. The van der Waals surface area contributed by atoms with Crippen LogP contribution in [0, 0.1) is 5.92 Å². The van der Waals surface area contributed by atoms with Gasteiger partial charge in [0.1, 0.15) is 21.9 Å². The number of nitrogens with one attached hydrogen (secondary N) is 1. The number of carbonyl (C=O) groups excluding carboxylic acids is 1. The van der Waals surface area contributed by atoms with Crippen molar-refractivity contribution in [1.29, 1.82) is 0 Å². The molecule has 1 fully saturated rings. The van der Waals surface area contributed by atoms with Gasteiger partial charge in [-0.2, -0.15) is 24.9 Å². The van der Waals surface area contributed by atoms with Crippen LogP contribution in [-0.4, -0.2) is 41.7 Å². The van der Waals surface area contributed by atoms with E-state index in [1.54, 1.807) is 11.4 Å². The molecule has 0 radical (unpaired) electrons. The van der Waals surface area contributed by atoms with E-state index in [2.05, 4.69) is 14.8 Å². The van der Waals surface area contributed by atoms with Gasteiger partial charge in [-0.15, -0.1) is 4.40 Å². The van der Waals surface area contributed by atoms with E-state index in [0.29, 0.717) is 18.0 Å². The number of carbonyl (C=O) groups is 1. The molecule has 3 aromatic rings. The maximum Gasteiger partial charge on any atom is 0.286 e. The Kier molecular flexibility index (Phi) is 5.81. The Bertz CT molecular complexity index is 1510. The molecule has 0 spiro atoms. The fourth-order valence-corrected chi connectivity index (χ4v) is 5.50. The third-order valence-corrected chi connectivity index (χ3v) is 7.68. The highest BCUT2D eigenvalue weighted by atomic mass is 32.2. The molecule has 35 heavy (non-hydrogen) atoms. The number of aromatic hydroxyl groups is 1. The van der Waals surface area contributed by atoms with Crippen molar-refractivity contribution < 1.29 is 23.1 Å². The first kappa shape index (κ1) is 23.1. The lowest BCUT2D eigenvalue weighted by Crippen LogP contribution is -2.34. The van der Waals surface area contributed by atoms with Crippen LogP contribution in [0.4, 0.5) is 5.69 Å². The van der Waals surface area contributed by atoms with Gasteiger partial charge in [0.05, 0.1) is 5.69 Å². The van der Waals surface area contributed by atoms with Crippen molar-refractivity contribution in [2.45, 2.75) is 30.7 Å². The average Bonchev–Trinajstić information content (AvgIpc) is 3.48. The SMILES string of the molecule is NC(=O)COc1ccc2c(c1)S(=O)(=O)N=C(c1c(O)c(-c3ccsc3)nn(CCC3CC3)c1=O)N2. The molecule has 0 atom stereocenters. The lowest BCUT2D eigenvalue weighted by molar-refractivity contribution is -0.119. The van der Waals surface area contributed by atoms with E-state index in [1.807, 2.05) is 5.38 Å². The molecule has 2 aromatic heterocycles. The van der Waals surface area contributed by atoms with Crippen LogP contribution in [0.3, 0.4) is 0 Å². The number of ether oxygens (including phenoxy) is 1. The first-order chi connectivity index (χ1) is 16.7. The number of benzene rings is 1. The average molecular weight is 516 g/mol. The summed E-state index contributed by atoms with van der Waals surface area (Å²) in [5, 5.41) is 21.8. The number of fused-ring (bicyclic) bond motifs is 1.